The van der Waals surface area contributed by atoms with Gasteiger partial charge in [-0.25, -0.2) is 0 Å². The van der Waals surface area contributed by atoms with Crippen LogP contribution in [0.1, 0.15) is 58.8 Å². The van der Waals surface area contributed by atoms with Crippen LogP contribution in [0.4, 0.5) is 0 Å². The molecule has 1 spiro atoms. The average Bonchev–Trinajstić information content (AvgIpc) is 3.21. The smallest absolute Gasteiger partial charge is 0.174 e. The van der Waals surface area contributed by atoms with E-state index in [4.69, 9.17) is 14.2 Å². The van der Waals surface area contributed by atoms with Crippen LogP contribution >= 0.6 is 0 Å². The van der Waals surface area contributed by atoms with Gasteiger partial charge in [0.2, 0.25) is 0 Å². The first-order valence-electron chi connectivity index (χ1n) is 10.6. The van der Waals surface area contributed by atoms with Crippen molar-refractivity contribution in [1.82, 2.24) is 0 Å². The van der Waals surface area contributed by atoms with Crippen molar-refractivity contribution in [2.45, 2.75) is 70.7 Å². The maximum atomic E-state index is 11.3. The summed E-state index contributed by atoms with van der Waals surface area (Å²) in [5, 5.41) is 11.3. The first kappa shape index (κ1) is 17.3. The van der Waals surface area contributed by atoms with E-state index in [1.807, 2.05) is 0 Å². The first-order chi connectivity index (χ1) is 12.6. The molecule has 0 aromatic heterocycles. The summed E-state index contributed by atoms with van der Waals surface area (Å²) in [6, 6.07) is 0. The van der Waals surface area contributed by atoms with Crippen LogP contribution in [0.3, 0.4) is 0 Å². The maximum absolute atomic E-state index is 11.3. The second kappa shape index (κ2) is 6.08. The van der Waals surface area contributed by atoms with Crippen molar-refractivity contribution < 1.29 is 19.3 Å². The van der Waals surface area contributed by atoms with Crippen molar-refractivity contribution in [3.63, 3.8) is 0 Å². The zero-order valence-electron chi connectivity index (χ0n) is 16.1. The molecule has 5 aliphatic rings. The minimum atomic E-state index is -0.438. The molecule has 1 aliphatic heterocycles. The first-order valence-corrected chi connectivity index (χ1v) is 10.6. The quantitative estimate of drug-likeness (QED) is 0.758. The Morgan fingerprint density at radius 3 is 2.85 bits per heavy atom. The van der Waals surface area contributed by atoms with Crippen LogP contribution in [-0.2, 0) is 14.2 Å². The van der Waals surface area contributed by atoms with Crippen LogP contribution in [0.25, 0.3) is 0 Å². The third-order valence-electron chi connectivity index (χ3n) is 8.16. The minimum Gasteiger partial charge on any atom is -0.498 e. The van der Waals surface area contributed by atoms with E-state index in [-0.39, 0.29) is 11.5 Å². The molecule has 4 heteroatoms. The molecule has 5 atom stereocenters. The van der Waals surface area contributed by atoms with Crippen LogP contribution in [0.5, 0.6) is 0 Å². The van der Waals surface area contributed by atoms with Crippen molar-refractivity contribution in [3.05, 3.63) is 23.0 Å². The number of hydrogen-bond acceptors (Lipinski definition) is 4. The predicted octanol–water partition coefficient (Wildman–Crippen LogP) is 3.95. The lowest BCUT2D eigenvalue weighted by Gasteiger charge is -2.55. The molecule has 5 rings (SSSR count). The lowest BCUT2D eigenvalue weighted by molar-refractivity contribution is -0.249. The number of aliphatic hydroxyl groups excluding tert-OH is 1. The van der Waals surface area contributed by atoms with Gasteiger partial charge >= 0.3 is 0 Å². The average molecular weight is 360 g/mol. The zero-order valence-corrected chi connectivity index (χ0v) is 16.1. The molecular formula is C22H32O4. The summed E-state index contributed by atoms with van der Waals surface area (Å²) in [5.41, 5.74) is 3.01. The topological polar surface area (TPSA) is 47.9 Å². The van der Waals surface area contributed by atoms with E-state index in [1.54, 1.807) is 5.57 Å². The van der Waals surface area contributed by atoms with Crippen molar-refractivity contribution in [2.24, 2.45) is 23.2 Å². The molecule has 4 nitrogen and oxygen atoms in total. The number of hydrogen-bond donors (Lipinski definition) is 1. The highest BCUT2D eigenvalue weighted by Gasteiger charge is 2.66. The van der Waals surface area contributed by atoms with E-state index >= 15 is 0 Å². The van der Waals surface area contributed by atoms with Crippen LogP contribution in [0.2, 0.25) is 0 Å². The van der Waals surface area contributed by atoms with Gasteiger partial charge < -0.3 is 19.3 Å². The molecule has 26 heavy (non-hydrogen) atoms. The predicted molar refractivity (Wildman–Crippen MR) is 98.3 cm³/mol. The normalized spacial score (nSPS) is 43.7. The van der Waals surface area contributed by atoms with E-state index in [9.17, 15) is 5.11 Å². The molecule has 0 amide bonds. The van der Waals surface area contributed by atoms with Gasteiger partial charge in [0, 0.05) is 24.2 Å². The summed E-state index contributed by atoms with van der Waals surface area (Å²) in [6.45, 7) is 6.52. The lowest BCUT2D eigenvalue weighted by Crippen LogP contribution is -2.56. The van der Waals surface area contributed by atoms with Crippen LogP contribution in [-0.4, -0.2) is 36.8 Å². The van der Waals surface area contributed by atoms with Crippen molar-refractivity contribution >= 4 is 0 Å². The Balaban J connectivity index is 1.44. The van der Waals surface area contributed by atoms with Gasteiger partial charge in [-0.1, -0.05) is 18.1 Å². The van der Waals surface area contributed by atoms with Gasteiger partial charge in [0.05, 0.1) is 31.7 Å². The molecule has 1 N–H and O–H groups in total. The molecule has 1 heterocycles. The molecule has 4 aliphatic carbocycles. The minimum absolute atomic E-state index is 0.0524. The third-order valence-corrected chi connectivity index (χ3v) is 8.16. The Bertz CT molecular complexity index is 645. The molecule has 4 unspecified atom stereocenters. The highest BCUT2D eigenvalue weighted by Crippen LogP contribution is 2.66. The number of fused-ring (bicyclic) bond motifs is 5. The highest BCUT2D eigenvalue weighted by atomic mass is 16.7. The lowest BCUT2D eigenvalue weighted by atomic mass is 9.53. The number of ether oxygens (including phenoxy) is 3. The highest BCUT2D eigenvalue weighted by molar-refractivity contribution is 5.34. The second-order valence-corrected chi connectivity index (χ2v) is 9.13. The standard InChI is InChI=1S/C22H32O4/c1-3-24-15-5-7-16-14(12-15)4-6-17-18-8-9-22(25-10-11-26-22)21(18,2)13-19(23)20(16)17/h5,17-20,23H,3-4,6-13H2,1-2H3/t17?,18?,19?,20?,21-/m0/s1. The fourth-order valence-corrected chi connectivity index (χ4v) is 7.14. The Kier molecular flexibility index (Phi) is 4.04. The van der Waals surface area contributed by atoms with Gasteiger partial charge in [-0.15, -0.1) is 0 Å². The fourth-order valence-electron chi connectivity index (χ4n) is 7.14. The van der Waals surface area contributed by atoms with Gasteiger partial charge in [-0.05, 0) is 56.9 Å². The van der Waals surface area contributed by atoms with Crippen molar-refractivity contribution in [2.75, 3.05) is 19.8 Å². The van der Waals surface area contributed by atoms with Crippen molar-refractivity contribution in [3.8, 4) is 0 Å². The van der Waals surface area contributed by atoms with Gasteiger partial charge in [-0.2, -0.15) is 0 Å². The summed E-state index contributed by atoms with van der Waals surface area (Å²) in [5.74, 6) is 2.18. The van der Waals surface area contributed by atoms with Crippen molar-refractivity contribution in [1.29, 1.82) is 0 Å². The molecule has 0 aromatic rings. The third kappa shape index (κ3) is 2.25. The summed E-state index contributed by atoms with van der Waals surface area (Å²) < 4.78 is 18.1. The number of rotatable bonds is 2. The fraction of sp³-hybridized carbons (Fsp3) is 0.818. The summed E-state index contributed by atoms with van der Waals surface area (Å²) >= 11 is 0. The molecule has 2 saturated carbocycles. The number of aliphatic hydroxyl groups is 1. The van der Waals surface area contributed by atoms with E-state index in [0.29, 0.717) is 31.0 Å². The van der Waals surface area contributed by atoms with Crippen LogP contribution in [0.15, 0.2) is 23.0 Å². The molecule has 1 saturated heterocycles. The summed E-state index contributed by atoms with van der Waals surface area (Å²) in [7, 11) is 0. The summed E-state index contributed by atoms with van der Waals surface area (Å²) in [6.07, 6.45) is 9.21. The van der Waals surface area contributed by atoms with E-state index in [0.717, 1.165) is 44.5 Å². The van der Waals surface area contributed by atoms with Gasteiger partial charge in [-0.3, -0.25) is 0 Å². The van der Waals surface area contributed by atoms with E-state index in [2.05, 4.69) is 19.9 Å². The maximum Gasteiger partial charge on any atom is 0.174 e. The van der Waals surface area contributed by atoms with E-state index < -0.39 is 5.79 Å². The second-order valence-electron chi connectivity index (χ2n) is 9.13. The molecule has 0 radical (unpaired) electrons. The molecular weight excluding hydrogens is 328 g/mol. The molecule has 3 fully saturated rings. The summed E-state index contributed by atoms with van der Waals surface area (Å²) in [4.78, 5) is 0. The zero-order chi connectivity index (χ0) is 17.9. The Hall–Kier alpha value is -0.840. The molecule has 0 aromatic carbocycles. The van der Waals surface area contributed by atoms with E-state index in [1.165, 1.54) is 18.4 Å². The van der Waals surface area contributed by atoms with Gasteiger partial charge in [0.1, 0.15) is 0 Å². The monoisotopic (exact) mass is 360 g/mol. The van der Waals surface area contributed by atoms with Crippen LogP contribution < -0.4 is 0 Å². The van der Waals surface area contributed by atoms with Gasteiger partial charge in [0.15, 0.2) is 5.79 Å². The Labute approximate surface area is 156 Å². The molecule has 0 bridgehead atoms. The largest absolute Gasteiger partial charge is 0.498 e. The SMILES string of the molecule is CCOC1=CCC2=C(CCC3C2C(O)C[C@@]2(C)C3CCC23OCCO3)C1. The number of allylic oxidation sites excluding steroid dienone is 2. The molecule has 144 valence electrons. The van der Waals surface area contributed by atoms with Gasteiger partial charge in [0.25, 0.3) is 0 Å². The Morgan fingerprint density at radius 2 is 2.08 bits per heavy atom. The van der Waals surface area contributed by atoms with Crippen LogP contribution in [0, 0.1) is 23.2 Å². The Morgan fingerprint density at radius 1 is 1.27 bits per heavy atom.